The van der Waals surface area contributed by atoms with Gasteiger partial charge in [-0.3, -0.25) is 19.9 Å². The van der Waals surface area contributed by atoms with Gasteiger partial charge in [-0.15, -0.1) is 0 Å². The highest BCUT2D eigenvalue weighted by molar-refractivity contribution is 9.09. The van der Waals surface area contributed by atoms with Crippen LogP contribution in [0.3, 0.4) is 0 Å². The van der Waals surface area contributed by atoms with E-state index in [2.05, 4.69) is 36.8 Å². The molecule has 0 fully saturated rings. The second kappa shape index (κ2) is 11.6. The SMILES string of the molecule is COC(=O)c1cc(CBr)nc(CN(C(CBr)C(=O)OC)S(=O)(=O)c2ccc([N+](=O)[O-])cc2)c1. The van der Waals surface area contributed by atoms with Crippen LogP contribution >= 0.6 is 31.9 Å². The molecule has 33 heavy (non-hydrogen) atoms. The summed E-state index contributed by atoms with van der Waals surface area (Å²) in [4.78, 5) is 38.8. The number of non-ortho nitro benzene ring substituents is 1. The second-order valence-electron chi connectivity index (χ2n) is 6.46. The third kappa shape index (κ3) is 6.34. The number of benzene rings is 1. The molecular weight excluding hydrogens is 590 g/mol. The van der Waals surface area contributed by atoms with E-state index in [4.69, 9.17) is 9.47 Å². The van der Waals surface area contributed by atoms with Crippen LogP contribution in [0.2, 0.25) is 0 Å². The lowest BCUT2D eigenvalue weighted by Gasteiger charge is -2.28. The fourth-order valence-corrected chi connectivity index (χ4v) is 5.47. The fourth-order valence-electron chi connectivity index (χ4n) is 2.83. The van der Waals surface area contributed by atoms with Crippen molar-refractivity contribution in [2.45, 2.75) is 22.8 Å². The molecule has 11 nitrogen and oxygen atoms in total. The zero-order valence-corrected chi connectivity index (χ0v) is 21.4. The summed E-state index contributed by atoms with van der Waals surface area (Å²) in [5.74, 6) is -1.47. The average molecular weight is 609 g/mol. The maximum atomic E-state index is 13.5. The number of nitro groups is 1. The van der Waals surface area contributed by atoms with Crippen LogP contribution in [0.5, 0.6) is 0 Å². The fraction of sp³-hybridized carbons (Fsp3) is 0.316. The Morgan fingerprint density at radius 3 is 2.21 bits per heavy atom. The van der Waals surface area contributed by atoms with Gasteiger partial charge in [0.05, 0.1) is 47.5 Å². The summed E-state index contributed by atoms with van der Waals surface area (Å²) < 4.78 is 37.3. The highest BCUT2D eigenvalue weighted by Crippen LogP contribution is 2.25. The summed E-state index contributed by atoms with van der Waals surface area (Å²) in [6.07, 6.45) is 0. The first-order valence-corrected chi connectivity index (χ1v) is 12.8. The summed E-state index contributed by atoms with van der Waals surface area (Å²) in [7, 11) is -2.03. The van der Waals surface area contributed by atoms with Crippen molar-refractivity contribution in [3.8, 4) is 0 Å². The molecule has 1 heterocycles. The van der Waals surface area contributed by atoms with E-state index in [1.54, 1.807) is 0 Å². The van der Waals surface area contributed by atoms with Crippen molar-refractivity contribution in [1.82, 2.24) is 9.29 Å². The van der Waals surface area contributed by atoms with Gasteiger partial charge < -0.3 is 9.47 Å². The van der Waals surface area contributed by atoms with Gasteiger partial charge >= 0.3 is 11.9 Å². The largest absolute Gasteiger partial charge is 0.468 e. The number of halogens is 2. The molecular formula is C19H19Br2N3O8S. The average Bonchev–Trinajstić information content (AvgIpc) is 2.82. The van der Waals surface area contributed by atoms with Gasteiger partial charge in [0.1, 0.15) is 6.04 Å². The number of hydrogen-bond acceptors (Lipinski definition) is 9. The van der Waals surface area contributed by atoms with E-state index in [9.17, 15) is 28.1 Å². The van der Waals surface area contributed by atoms with Crippen molar-refractivity contribution in [3.05, 3.63) is 63.5 Å². The Balaban J connectivity index is 2.61. The highest BCUT2D eigenvalue weighted by Gasteiger charge is 2.37. The van der Waals surface area contributed by atoms with Crippen LogP contribution in [0.15, 0.2) is 41.3 Å². The van der Waals surface area contributed by atoms with Crippen LogP contribution in [0.25, 0.3) is 0 Å². The van der Waals surface area contributed by atoms with Crippen molar-refractivity contribution < 1.29 is 32.4 Å². The summed E-state index contributed by atoms with van der Waals surface area (Å²) in [6.45, 7) is -0.393. The molecule has 0 amide bonds. The highest BCUT2D eigenvalue weighted by atomic mass is 79.9. The van der Waals surface area contributed by atoms with E-state index in [-0.39, 0.29) is 32.5 Å². The van der Waals surface area contributed by atoms with Gasteiger partial charge in [0.25, 0.3) is 5.69 Å². The number of ether oxygens (including phenoxy) is 2. The molecule has 0 aliphatic heterocycles. The lowest BCUT2D eigenvalue weighted by Crippen LogP contribution is -2.46. The van der Waals surface area contributed by atoms with Crippen molar-refractivity contribution in [2.24, 2.45) is 0 Å². The Hall–Kier alpha value is -2.42. The predicted molar refractivity (Wildman–Crippen MR) is 124 cm³/mol. The molecule has 0 radical (unpaired) electrons. The predicted octanol–water partition coefficient (Wildman–Crippen LogP) is 2.80. The summed E-state index contributed by atoms with van der Waals surface area (Å²) in [5, 5.41) is 11.1. The van der Waals surface area contributed by atoms with Gasteiger partial charge in [-0.2, -0.15) is 4.31 Å². The van der Waals surface area contributed by atoms with Crippen LogP contribution in [0.1, 0.15) is 21.7 Å². The van der Waals surface area contributed by atoms with Crippen molar-refractivity contribution in [2.75, 3.05) is 19.5 Å². The van der Waals surface area contributed by atoms with E-state index < -0.39 is 39.5 Å². The Labute approximate surface area is 206 Å². The Bertz CT molecular complexity index is 1140. The van der Waals surface area contributed by atoms with E-state index in [0.29, 0.717) is 5.69 Å². The third-order valence-electron chi connectivity index (χ3n) is 4.43. The van der Waals surface area contributed by atoms with Crippen LogP contribution in [-0.2, 0) is 36.2 Å². The lowest BCUT2D eigenvalue weighted by atomic mass is 10.2. The lowest BCUT2D eigenvalue weighted by molar-refractivity contribution is -0.384. The quantitative estimate of drug-likeness (QED) is 0.172. The molecule has 0 bridgehead atoms. The number of aromatic nitrogens is 1. The number of alkyl halides is 2. The number of sulfonamides is 1. The number of carbonyl (C=O) groups is 2. The van der Waals surface area contributed by atoms with Crippen LogP contribution in [0, 0.1) is 10.1 Å². The monoisotopic (exact) mass is 607 g/mol. The number of pyridine rings is 1. The molecule has 1 aromatic heterocycles. The number of hydrogen-bond donors (Lipinski definition) is 0. The van der Waals surface area contributed by atoms with Crippen LogP contribution < -0.4 is 0 Å². The van der Waals surface area contributed by atoms with Crippen molar-refractivity contribution in [3.63, 3.8) is 0 Å². The number of carbonyl (C=O) groups excluding carboxylic acids is 2. The van der Waals surface area contributed by atoms with Gasteiger partial charge in [0, 0.05) is 22.8 Å². The zero-order valence-electron chi connectivity index (χ0n) is 17.4. The maximum absolute atomic E-state index is 13.5. The summed E-state index contributed by atoms with van der Waals surface area (Å²) >= 11 is 6.40. The van der Waals surface area contributed by atoms with E-state index >= 15 is 0 Å². The normalized spacial score (nSPS) is 12.3. The minimum atomic E-state index is -4.35. The number of methoxy groups -OCH3 is 2. The van der Waals surface area contributed by atoms with E-state index in [0.717, 1.165) is 35.7 Å². The minimum absolute atomic E-state index is 0.103. The van der Waals surface area contributed by atoms with Crippen molar-refractivity contribution >= 4 is 59.5 Å². The van der Waals surface area contributed by atoms with Crippen LogP contribution in [-0.4, -0.2) is 60.2 Å². The van der Waals surface area contributed by atoms with Gasteiger partial charge in [-0.05, 0) is 24.3 Å². The number of nitro benzene ring substituents is 1. The maximum Gasteiger partial charge on any atom is 0.337 e. The standard InChI is InChI=1S/C19H19Br2N3O8S/c1-31-18(25)12-7-13(9-20)22-14(8-12)11-23(17(10-21)19(26)32-2)33(29,30)16-5-3-15(4-6-16)24(27)28/h3-8,17H,9-11H2,1-2H3. The first-order chi connectivity index (χ1) is 15.6. The van der Waals surface area contributed by atoms with E-state index in [1.165, 1.54) is 19.2 Å². The topological polar surface area (TPSA) is 146 Å². The van der Waals surface area contributed by atoms with Crippen LogP contribution in [0.4, 0.5) is 5.69 Å². The molecule has 0 saturated carbocycles. The zero-order chi connectivity index (χ0) is 24.8. The third-order valence-corrected chi connectivity index (χ3v) is 7.49. The number of esters is 2. The number of rotatable bonds is 10. The van der Waals surface area contributed by atoms with Gasteiger partial charge in [-0.25, -0.2) is 13.2 Å². The Kier molecular flexibility index (Phi) is 9.46. The smallest absolute Gasteiger partial charge is 0.337 e. The molecule has 1 aromatic carbocycles. The second-order valence-corrected chi connectivity index (χ2v) is 9.56. The van der Waals surface area contributed by atoms with Gasteiger partial charge in [0.15, 0.2) is 0 Å². The Morgan fingerprint density at radius 1 is 1.12 bits per heavy atom. The molecule has 0 spiro atoms. The van der Waals surface area contributed by atoms with Gasteiger partial charge in [0.2, 0.25) is 10.0 Å². The number of nitrogens with zero attached hydrogens (tertiary/aromatic N) is 3. The molecule has 1 atom stereocenters. The molecule has 0 N–H and O–H groups in total. The molecule has 1 unspecified atom stereocenters. The molecule has 0 aliphatic carbocycles. The molecule has 0 saturated heterocycles. The molecule has 2 aromatic rings. The molecule has 2 rings (SSSR count). The molecule has 178 valence electrons. The van der Waals surface area contributed by atoms with E-state index in [1.807, 2.05) is 0 Å². The Morgan fingerprint density at radius 2 is 1.73 bits per heavy atom. The summed E-state index contributed by atoms with van der Waals surface area (Å²) in [6, 6.07) is 5.81. The first-order valence-electron chi connectivity index (χ1n) is 9.13. The molecule has 0 aliphatic rings. The minimum Gasteiger partial charge on any atom is -0.468 e. The first kappa shape index (κ1) is 26.8. The molecule has 14 heteroatoms. The summed E-state index contributed by atoms with van der Waals surface area (Å²) in [5.41, 5.74) is 0.472. The van der Waals surface area contributed by atoms with Crippen molar-refractivity contribution in [1.29, 1.82) is 0 Å². The van der Waals surface area contributed by atoms with Gasteiger partial charge in [-0.1, -0.05) is 31.9 Å².